The Morgan fingerprint density at radius 2 is 1.50 bits per heavy atom. The van der Waals surface area contributed by atoms with Crippen molar-refractivity contribution in [3.05, 3.63) is 35.7 Å². The minimum absolute atomic E-state index is 0.0768. The number of nitrogens with zero attached hydrogens (tertiary/aromatic N) is 6. The normalized spacial score (nSPS) is 16.7. The average Bonchev–Trinajstić information content (AvgIpc) is 3.53. The maximum absolute atomic E-state index is 12.7. The minimum Gasteiger partial charge on any atom is -0.342 e. The Hall–Kier alpha value is -2.81. The van der Waals surface area contributed by atoms with Crippen LogP contribution in [0.15, 0.2) is 24.3 Å². The van der Waals surface area contributed by atoms with Gasteiger partial charge in [-0.25, -0.2) is 0 Å². The summed E-state index contributed by atoms with van der Waals surface area (Å²) in [4.78, 5) is 29.7. The fraction of sp³-hybridized carbons (Fsp3) is 0.476. The van der Waals surface area contributed by atoms with Crippen LogP contribution in [0.4, 0.5) is 0 Å². The van der Waals surface area contributed by atoms with Crippen LogP contribution in [-0.4, -0.2) is 67.6 Å². The molecule has 2 fully saturated rings. The van der Waals surface area contributed by atoms with Crippen molar-refractivity contribution < 1.29 is 9.59 Å². The molecular weight excluding hydrogens is 400 g/mol. The van der Waals surface area contributed by atoms with Crippen LogP contribution < -0.4 is 0 Å². The van der Waals surface area contributed by atoms with E-state index in [1.54, 1.807) is 4.52 Å². The molecular formula is C21H24N6O2S. The molecule has 2 saturated heterocycles. The molecule has 30 heavy (non-hydrogen) atoms. The highest BCUT2D eigenvalue weighted by Crippen LogP contribution is 2.29. The van der Waals surface area contributed by atoms with Gasteiger partial charge in [-0.3, -0.25) is 9.59 Å². The van der Waals surface area contributed by atoms with E-state index in [0.717, 1.165) is 68.0 Å². The third-order valence-electron chi connectivity index (χ3n) is 5.87. The summed E-state index contributed by atoms with van der Waals surface area (Å²) >= 11 is 1.43. The van der Waals surface area contributed by atoms with Crippen LogP contribution in [0.5, 0.6) is 0 Å². The summed E-state index contributed by atoms with van der Waals surface area (Å²) in [6, 6.07) is 7.90. The van der Waals surface area contributed by atoms with Crippen molar-refractivity contribution in [3.63, 3.8) is 0 Å². The average molecular weight is 425 g/mol. The lowest BCUT2D eigenvalue weighted by atomic mass is 10.0. The van der Waals surface area contributed by atoms with Gasteiger partial charge >= 0.3 is 0 Å². The van der Waals surface area contributed by atoms with Crippen LogP contribution in [-0.2, 0) is 22.4 Å². The molecule has 5 rings (SSSR count). The van der Waals surface area contributed by atoms with Crippen LogP contribution in [0.1, 0.15) is 37.1 Å². The van der Waals surface area contributed by atoms with Gasteiger partial charge in [0.1, 0.15) is 5.01 Å². The summed E-state index contributed by atoms with van der Waals surface area (Å²) in [5.74, 6) is 0.808. The Kier molecular flexibility index (Phi) is 5.20. The number of rotatable bonds is 5. The summed E-state index contributed by atoms with van der Waals surface area (Å²) in [5, 5.41) is 13.9. The number of amides is 2. The molecule has 0 bridgehead atoms. The van der Waals surface area contributed by atoms with Crippen LogP contribution >= 0.6 is 11.3 Å². The van der Waals surface area contributed by atoms with Gasteiger partial charge in [0.15, 0.2) is 5.82 Å². The van der Waals surface area contributed by atoms with Crippen LogP contribution in [0.25, 0.3) is 15.5 Å². The molecule has 2 aliphatic rings. The Morgan fingerprint density at radius 1 is 0.867 bits per heavy atom. The Balaban J connectivity index is 1.39. The molecule has 4 heterocycles. The molecule has 2 aromatic heterocycles. The standard InChI is InChI=1S/C21H24N6O2S/c28-18(25-9-3-4-10-25)13-15-7-1-2-8-16(15)20-24-27-17(22-23-21(27)30-20)14-19(29)26-11-5-6-12-26/h1-2,7-8H,3-6,9-14H2. The highest BCUT2D eigenvalue weighted by Gasteiger charge is 2.23. The summed E-state index contributed by atoms with van der Waals surface area (Å²) < 4.78 is 1.67. The molecule has 0 atom stereocenters. The second kappa shape index (κ2) is 8.14. The molecule has 0 N–H and O–H groups in total. The molecule has 1 aromatic carbocycles. The summed E-state index contributed by atoms with van der Waals surface area (Å²) in [7, 11) is 0. The molecule has 0 saturated carbocycles. The molecule has 0 unspecified atom stereocenters. The summed E-state index contributed by atoms with van der Waals surface area (Å²) in [6.45, 7) is 3.35. The largest absolute Gasteiger partial charge is 0.342 e. The fourth-order valence-corrected chi connectivity index (χ4v) is 5.13. The molecule has 2 aliphatic heterocycles. The van der Waals surface area contributed by atoms with Crippen molar-refractivity contribution >= 4 is 28.1 Å². The fourth-order valence-electron chi connectivity index (χ4n) is 4.21. The number of aromatic nitrogens is 4. The van der Waals surface area contributed by atoms with E-state index in [9.17, 15) is 9.59 Å². The smallest absolute Gasteiger partial charge is 0.234 e. The first-order valence-corrected chi connectivity index (χ1v) is 11.4. The van der Waals surface area contributed by atoms with Gasteiger partial charge in [-0.05, 0) is 31.2 Å². The monoisotopic (exact) mass is 424 g/mol. The SMILES string of the molecule is O=C(Cc1ccccc1-c1nn2c(CC(=O)N3CCCC3)nnc2s1)N1CCCC1. The zero-order chi connectivity index (χ0) is 20.5. The Labute approximate surface area is 178 Å². The number of carbonyl (C=O) groups is 2. The van der Waals surface area contributed by atoms with Crippen molar-refractivity contribution in [1.29, 1.82) is 0 Å². The van der Waals surface area contributed by atoms with Gasteiger partial charge in [-0.15, -0.1) is 10.2 Å². The van der Waals surface area contributed by atoms with E-state index in [0.29, 0.717) is 17.2 Å². The zero-order valence-corrected chi connectivity index (χ0v) is 17.6. The molecule has 0 spiro atoms. The van der Waals surface area contributed by atoms with Crippen molar-refractivity contribution in [3.8, 4) is 10.6 Å². The predicted molar refractivity (Wildman–Crippen MR) is 113 cm³/mol. The zero-order valence-electron chi connectivity index (χ0n) is 16.8. The number of benzene rings is 1. The lowest BCUT2D eigenvalue weighted by molar-refractivity contribution is -0.130. The van der Waals surface area contributed by atoms with Crippen molar-refractivity contribution in [1.82, 2.24) is 29.6 Å². The molecule has 8 nitrogen and oxygen atoms in total. The lowest BCUT2D eigenvalue weighted by Gasteiger charge is -2.16. The first kappa shape index (κ1) is 19.2. The second-order valence-corrected chi connectivity index (χ2v) is 8.86. The van der Waals surface area contributed by atoms with Gasteiger partial charge in [-0.1, -0.05) is 35.6 Å². The quantitative estimate of drug-likeness (QED) is 0.627. The van der Waals surface area contributed by atoms with E-state index in [-0.39, 0.29) is 18.2 Å². The number of hydrogen-bond acceptors (Lipinski definition) is 6. The van der Waals surface area contributed by atoms with E-state index in [4.69, 9.17) is 5.10 Å². The van der Waals surface area contributed by atoms with Gasteiger partial charge in [0, 0.05) is 31.7 Å². The van der Waals surface area contributed by atoms with Crippen LogP contribution in [0.3, 0.4) is 0 Å². The van der Waals surface area contributed by atoms with Gasteiger partial charge in [-0.2, -0.15) is 9.61 Å². The number of hydrogen-bond donors (Lipinski definition) is 0. The third-order valence-corrected chi connectivity index (χ3v) is 6.80. The first-order valence-electron chi connectivity index (χ1n) is 10.5. The first-order chi connectivity index (χ1) is 14.7. The van der Waals surface area contributed by atoms with Crippen LogP contribution in [0, 0.1) is 0 Å². The van der Waals surface area contributed by atoms with E-state index in [2.05, 4.69) is 10.2 Å². The topological polar surface area (TPSA) is 83.7 Å². The molecule has 3 aromatic rings. The molecule has 0 radical (unpaired) electrons. The maximum atomic E-state index is 12.7. The highest BCUT2D eigenvalue weighted by molar-refractivity contribution is 7.19. The van der Waals surface area contributed by atoms with Gasteiger partial charge in [0.2, 0.25) is 16.8 Å². The third kappa shape index (κ3) is 3.69. The highest BCUT2D eigenvalue weighted by atomic mass is 32.1. The van der Waals surface area contributed by atoms with Crippen molar-refractivity contribution in [2.75, 3.05) is 26.2 Å². The van der Waals surface area contributed by atoms with Crippen molar-refractivity contribution in [2.45, 2.75) is 38.5 Å². The van der Waals surface area contributed by atoms with E-state index >= 15 is 0 Å². The van der Waals surface area contributed by atoms with Crippen LogP contribution in [0.2, 0.25) is 0 Å². The molecule has 2 amide bonds. The van der Waals surface area contributed by atoms with E-state index in [1.165, 1.54) is 11.3 Å². The Morgan fingerprint density at radius 3 is 2.20 bits per heavy atom. The number of carbonyl (C=O) groups excluding carboxylic acids is 2. The predicted octanol–water partition coefficient (Wildman–Crippen LogP) is 2.18. The number of fused-ring (bicyclic) bond motifs is 1. The summed E-state index contributed by atoms with van der Waals surface area (Å²) in [5.41, 5.74) is 1.91. The maximum Gasteiger partial charge on any atom is 0.234 e. The van der Waals surface area contributed by atoms with E-state index in [1.807, 2.05) is 34.1 Å². The van der Waals surface area contributed by atoms with Gasteiger partial charge < -0.3 is 9.80 Å². The second-order valence-electron chi connectivity index (χ2n) is 7.90. The molecule has 0 aliphatic carbocycles. The summed E-state index contributed by atoms with van der Waals surface area (Å²) in [6.07, 6.45) is 4.88. The van der Waals surface area contributed by atoms with Gasteiger partial charge in [0.05, 0.1) is 12.8 Å². The number of likely N-dealkylation sites (tertiary alicyclic amines) is 2. The Bertz CT molecular complexity index is 1080. The molecule has 156 valence electrons. The van der Waals surface area contributed by atoms with Gasteiger partial charge in [0.25, 0.3) is 0 Å². The van der Waals surface area contributed by atoms with Crippen molar-refractivity contribution in [2.24, 2.45) is 0 Å². The molecule has 9 heteroatoms. The minimum atomic E-state index is 0.0768. The van der Waals surface area contributed by atoms with E-state index < -0.39 is 0 Å². The lowest BCUT2D eigenvalue weighted by Crippen LogP contribution is -2.29.